The molecule has 4 heteroatoms. The summed E-state index contributed by atoms with van der Waals surface area (Å²) in [5, 5.41) is 0. The van der Waals surface area contributed by atoms with Crippen molar-refractivity contribution < 1.29 is 19.1 Å². The van der Waals surface area contributed by atoms with Gasteiger partial charge in [-0.3, -0.25) is 9.59 Å². The van der Waals surface area contributed by atoms with E-state index in [2.05, 4.69) is 0 Å². The highest BCUT2D eigenvalue weighted by Gasteiger charge is 2.35. The number of carbonyl (C=O) groups is 2. The predicted molar refractivity (Wildman–Crippen MR) is 70.0 cm³/mol. The average molecular weight is 258 g/mol. The minimum Gasteiger partial charge on any atom is -0.462 e. The molecular formula is C14H26O4. The van der Waals surface area contributed by atoms with Crippen LogP contribution in [0.5, 0.6) is 0 Å². The van der Waals surface area contributed by atoms with Crippen molar-refractivity contribution >= 4 is 11.9 Å². The van der Waals surface area contributed by atoms with Crippen molar-refractivity contribution in [3.63, 3.8) is 0 Å². The number of rotatable bonds is 7. The summed E-state index contributed by atoms with van der Waals surface area (Å²) in [5.41, 5.74) is 0. The molecule has 0 rings (SSSR count). The Kier molecular flexibility index (Phi) is 7.64. The number of ether oxygens (including phenoxy) is 2. The second kappa shape index (κ2) is 8.11. The molecule has 0 aromatic heterocycles. The summed E-state index contributed by atoms with van der Waals surface area (Å²) >= 11 is 0. The predicted octanol–water partition coefficient (Wildman–Crippen LogP) is 2.94. The quantitative estimate of drug-likeness (QED) is 0.520. The first kappa shape index (κ1) is 16.9. The van der Waals surface area contributed by atoms with E-state index in [1.54, 1.807) is 27.7 Å². The largest absolute Gasteiger partial charge is 0.462 e. The summed E-state index contributed by atoms with van der Waals surface area (Å²) in [4.78, 5) is 23.9. The molecule has 0 saturated heterocycles. The molecule has 0 aromatic rings. The minimum absolute atomic E-state index is 0.0625. The second-order valence-corrected chi connectivity index (χ2v) is 5.21. The monoisotopic (exact) mass is 258 g/mol. The molecule has 0 spiro atoms. The number of hydrogen-bond donors (Lipinski definition) is 0. The highest BCUT2D eigenvalue weighted by Crippen LogP contribution is 2.21. The fourth-order valence-electron chi connectivity index (χ4n) is 1.79. The Morgan fingerprint density at radius 1 is 0.889 bits per heavy atom. The maximum atomic E-state index is 12.0. The van der Waals surface area contributed by atoms with Crippen molar-refractivity contribution in [3.05, 3.63) is 0 Å². The van der Waals surface area contributed by atoms with Gasteiger partial charge in [-0.1, -0.05) is 20.3 Å². The third kappa shape index (κ3) is 6.03. The van der Waals surface area contributed by atoms with Gasteiger partial charge in [0.1, 0.15) is 0 Å². The van der Waals surface area contributed by atoms with Crippen LogP contribution in [0.1, 0.15) is 54.4 Å². The first-order valence-electron chi connectivity index (χ1n) is 6.70. The first-order chi connectivity index (χ1) is 8.29. The van der Waals surface area contributed by atoms with Crippen LogP contribution in [-0.4, -0.2) is 24.1 Å². The maximum Gasteiger partial charge on any atom is 0.320 e. The van der Waals surface area contributed by atoms with E-state index >= 15 is 0 Å². The van der Waals surface area contributed by atoms with Crippen molar-refractivity contribution in [2.75, 3.05) is 0 Å². The molecule has 0 aliphatic rings. The molecule has 1 atom stereocenters. The Morgan fingerprint density at radius 2 is 1.28 bits per heavy atom. The Labute approximate surface area is 110 Å². The smallest absolute Gasteiger partial charge is 0.320 e. The van der Waals surface area contributed by atoms with Crippen LogP contribution in [0.15, 0.2) is 0 Å². The standard InChI is InChI=1S/C14H26O4/c1-7-8-11(6)12(13(15)17-9(2)3)14(16)18-10(4)5/h9-12H,7-8H2,1-6H3. The van der Waals surface area contributed by atoms with Crippen molar-refractivity contribution in [2.24, 2.45) is 11.8 Å². The molecule has 18 heavy (non-hydrogen) atoms. The van der Waals surface area contributed by atoms with Gasteiger partial charge >= 0.3 is 11.9 Å². The summed E-state index contributed by atoms with van der Waals surface area (Å²) in [6, 6.07) is 0. The van der Waals surface area contributed by atoms with Crippen LogP contribution in [0.3, 0.4) is 0 Å². The van der Waals surface area contributed by atoms with Gasteiger partial charge in [0.25, 0.3) is 0 Å². The molecule has 0 bridgehead atoms. The van der Waals surface area contributed by atoms with E-state index in [1.165, 1.54) is 0 Å². The molecule has 1 unspecified atom stereocenters. The Hall–Kier alpha value is -1.06. The van der Waals surface area contributed by atoms with Crippen LogP contribution in [-0.2, 0) is 19.1 Å². The topological polar surface area (TPSA) is 52.6 Å². The molecule has 0 aromatic carbocycles. The molecule has 0 aliphatic heterocycles. The van der Waals surface area contributed by atoms with Gasteiger partial charge in [-0.15, -0.1) is 0 Å². The van der Waals surface area contributed by atoms with E-state index in [1.807, 2.05) is 13.8 Å². The highest BCUT2D eigenvalue weighted by atomic mass is 16.6. The van der Waals surface area contributed by atoms with Crippen molar-refractivity contribution in [2.45, 2.75) is 66.6 Å². The van der Waals surface area contributed by atoms with E-state index < -0.39 is 17.9 Å². The van der Waals surface area contributed by atoms with Crippen LogP contribution in [0.2, 0.25) is 0 Å². The zero-order valence-corrected chi connectivity index (χ0v) is 12.4. The maximum absolute atomic E-state index is 12.0. The normalized spacial score (nSPS) is 12.9. The van der Waals surface area contributed by atoms with Crippen LogP contribution in [0.25, 0.3) is 0 Å². The molecule has 0 aliphatic carbocycles. The van der Waals surface area contributed by atoms with Gasteiger partial charge in [-0.25, -0.2) is 0 Å². The van der Waals surface area contributed by atoms with Crippen molar-refractivity contribution in [1.29, 1.82) is 0 Å². The molecule has 106 valence electrons. The summed E-state index contributed by atoms with van der Waals surface area (Å²) in [7, 11) is 0. The summed E-state index contributed by atoms with van der Waals surface area (Å²) < 4.78 is 10.3. The van der Waals surface area contributed by atoms with Gasteiger partial charge < -0.3 is 9.47 Å². The molecule has 0 amide bonds. The lowest BCUT2D eigenvalue weighted by Crippen LogP contribution is -2.35. The summed E-state index contributed by atoms with van der Waals surface area (Å²) in [6.45, 7) is 11.0. The Bertz CT molecular complexity index is 249. The van der Waals surface area contributed by atoms with Crippen molar-refractivity contribution in [1.82, 2.24) is 0 Å². The summed E-state index contributed by atoms with van der Waals surface area (Å²) in [6.07, 6.45) is 1.27. The number of hydrogen-bond acceptors (Lipinski definition) is 4. The molecule has 0 fully saturated rings. The fourth-order valence-corrected chi connectivity index (χ4v) is 1.79. The summed E-state index contributed by atoms with van der Waals surface area (Å²) in [5.74, 6) is -1.82. The third-order valence-electron chi connectivity index (χ3n) is 2.52. The molecule has 0 radical (unpaired) electrons. The molecule has 0 N–H and O–H groups in total. The van der Waals surface area contributed by atoms with Crippen molar-refractivity contribution in [3.8, 4) is 0 Å². The van der Waals surface area contributed by atoms with Gasteiger partial charge in [0.2, 0.25) is 0 Å². The molecule has 0 saturated carbocycles. The number of esters is 2. The average Bonchev–Trinajstić information content (AvgIpc) is 2.14. The fraction of sp³-hybridized carbons (Fsp3) is 0.857. The van der Waals surface area contributed by atoms with Gasteiger partial charge in [0.05, 0.1) is 12.2 Å². The number of carbonyl (C=O) groups excluding carboxylic acids is 2. The van der Waals surface area contributed by atoms with Gasteiger partial charge in [-0.05, 0) is 40.0 Å². The SMILES string of the molecule is CCCC(C)C(C(=O)OC(C)C)C(=O)OC(C)C. The van der Waals surface area contributed by atoms with Gasteiger partial charge in [0, 0.05) is 0 Å². The highest BCUT2D eigenvalue weighted by molar-refractivity contribution is 5.95. The van der Waals surface area contributed by atoms with Crippen LogP contribution < -0.4 is 0 Å². The van der Waals surface area contributed by atoms with Gasteiger partial charge in [-0.2, -0.15) is 0 Å². The van der Waals surface area contributed by atoms with E-state index in [-0.39, 0.29) is 18.1 Å². The van der Waals surface area contributed by atoms with E-state index in [9.17, 15) is 9.59 Å². The molecule has 0 heterocycles. The third-order valence-corrected chi connectivity index (χ3v) is 2.52. The molecule has 4 nitrogen and oxygen atoms in total. The lowest BCUT2D eigenvalue weighted by Gasteiger charge is -2.22. The second-order valence-electron chi connectivity index (χ2n) is 5.21. The van der Waals surface area contributed by atoms with Crippen LogP contribution in [0, 0.1) is 11.8 Å². The first-order valence-corrected chi connectivity index (χ1v) is 6.70. The minimum atomic E-state index is -0.810. The zero-order chi connectivity index (χ0) is 14.3. The van der Waals surface area contributed by atoms with Crippen LogP contribution >= 0.6 is 0 Å². The lowest BCUT2D eigenvalue weighted by atomic mass is 9.90. The molecular weight excluding hydrogens is 232 g/mol. The Balaban J connectivity index is 4.81. The van der Waals surface area contributed by atoms with Crippen LogP contribution in [0.4, 0.5) is 0 Å². The zero-order valence-electron chi connectivity index (χ0n) is 12.4. The van der Waals surface area contributed by atoms with E-state index in [0.29, 0.717) is 0 Å². The Morgan fingerprint density at radius 3 is 1.56 bits per heavy atom. The van der Waals surface area contributed by atoms with E-state index in [4.69, 9.17) is 9.47 Å². The lowest BCUT2D eigenvalue weighted by molar-refractivity contribution is -0.169. The van der Waals surface area contributed by atoms with E-state index in [0.717, 1.165) is 12.8 Å². The van der Waals surface area contributed by atoms with Gasteiger partial charge in [0.15, 0.2) is 5.92 Å².